The molecule has 0 aromatic carbocycles. The van der Waals surface area contributed by atoms with Crippen LogP contribution in [0.4, 0.5) is 0 Å². The summed E-state index contributed by atoms with van der Waals surface area (Å²) in [5.41, 5.74) is 5.91. The second-order valence-electron chi connectivity index (χ2n) is 5.70. The number of carbonyl (C=O) groups is 1. The number of amides is 1. The lowest BCUT2D eigenvalue weighted by molar-refractivity contribution is 0.0955. The summed E-state index contributed by atoms with van der Waals surface area (Å²) < 4.78 is 28.6. The van der Waals surface area contributed by atoms with Gasteiger partial charge in [0.05, 0.1) is 0 Å². The van der Waals surface area contributed by atoms with Crippen LogP contribution >= 0.6 is 0 Å². The minimum Gasteiger partial charge on any atom is -0.354 e. The highest BCUT2D eigenvalue weighted by Gasteiger charge is 2.31. The highest BCUT2D eigenvalue weighted by molar-refractivity contribution is 7.89. The summed E-state index contributed by atoms with van der Waals surface area (Å²) in [7, 11) is -0.382. The Labute approximate surface area is 131 Å². The molecule has 1 fully saturated rings. The van der Waals surface area contributed by atoms with Gasteiger partial charge in [-0.05, 0) is 37.8 Å². The van der Waals surface area contributed by atoms with E-state index in [0.717, 1.165) is 19.3 Å². The van der Waals surface area contributed by atoms with Gasteiger partial charge in [0.25, 0.3) is 5.91 Å². The number of hydrogen-bond donors (Lipinski definition) is 2. The molecule has 3 N–H and O–H groups in total. The van der Waals surface area contributed by atoms with Gasteiger partial charge in [0.15, 0.2) is 0 Å². The molecule has 1 amide bonds. The van der Waals surface area contributed by atoms with Crippen molar-refractivity contribution in [2.75, 3.05) is 26.7 Å². The third kappa shape index (κ3) is 3.34. The number of aromatic nitrogens is 1. The number of sulfonamides is 1. The third-order valence-electron chi connectivity index (χ3n) is 4.13. The molecular formula is C14H24N4O3S. The SMILES string of the molecule is CNC(=O)c1cc(S(=O)(=O)N2CCCC(CCN)C2)cn1C. The van der Waals surface area contributed by atoms with E-state index in [2.05, 4.69) is 5.32 Å². The van der Waals surface area contributed by atoms with Crippen molar-refractivity contribution in [3.8, 4) is 0 Å². The zero-order valence-corrected chi connectivity index (χ0v) is 13.9. The molecule has 1 aromatic rings. The van der Waals surface area contributed by atoms with Gasteiger partial charge in [-0.2, -0.15) is 4.31 Å². The average molecular weight is 328 g/mol. The number of piperidine rings is 1. The van der Waals surface area contributed by atoms with Gasteiger partial charge in [-0.25, -0.2) is 8.42 Å². The number of aryl methyl sites for hydroxylation is 1. The maximum atomic E-state index is 12.8. The molecule has 0 spiro atoms. The molecule has 22 heavy (non-hydrogen) atoms. The zero-order chi connectivity index (χ0) is 16.3. The van der Waals surface area contributed by atoms with Crippen molar-refractivity contribution in [1.82, 2.24) is 14.2 Å². The molecule has 0 bridgehead atoms. The first-order valence-electron chi connectivity index (χ1n) is 7.48. The van der Waals surface area contributed by atoms with Crippen LogP contribution in [0.15, 0.2) is 17.2 Å². The van der Waals surface area contributed by atoms with Crippen molar-refractivity contribution in [2.24, 2.45) is 18.7 Å². The van der Waals surface area contributed by atoms with E-state index in [0.29, 0.717) is 31.2 Å². The Bertz CT molecular complexity index is 637. The van der Waals surface area contributed by atoms with Crippen LogP contribution in [-0.2, 0) is 17.1 Å². The first-order valence-corrected chi connectivity index (χ1v) is 8.92. The number of nitrogens with one attached hydrogen (secondary N) is 1. The van der Waals surface area contributed by atoms with E-state index in [9.17, 15) is 13.2 Å². The standard InChI is InChI=1S/C14H24N4O3S/c1-16-14(19)13-8-12(10-17(13)2)22(20,21)18-7-3-4-11(9-18)5-6-15/h8,10-11H,3-7,9,15H2,1-2H3,(H,16,19). The van der Waals surface area contributed by atoms with Crippen molar-refractivity contribution in [2.45, 2.75) is 24.2 Å². The molecule has 2 heterocycles. The molecule has 1 aliphatic heterocycles. The molecule has 1 aromatic heterocycles. The summed E-state index contributed by atoms with van der Waals surface area (Å²) in [5.74, 6) is 0.0132. The second kappa shape index (κ2) is 6.80. The van der Waals surface area contributed by atoms with E-state index < -0.39 is 10.0 Å². The Morgan fingerprint density at radius 2 is 2.23 bits per heavy atom. The smallest absolute Gasteiger partial charge is 0.267 e. The molecule has 1 atom stereocenters. The van der Waals surface area contributed by atoms with Crippen LogP contribution in [0.3, 0.4) is 0 Å². The normalized spacial score (nSPS) is 20.0. The molecule has 1 unspecified atom stereocenters. The molecule has 1 saturated heterocycles. The largest absolute Gasteiger partial charge is 0.354 e. The van der Waals surface area contributed by atoms with E-state index in [4.69, 9.17) is 5.73 Å². The molecule has 2 rings (SSSR count). The lowest BCUT2D eigenvalue weighted by Crippen LogP contribution is -2.40. The molecule has 1 aliphatic rings. The topological polar surface area (TPSA) is 97.4 Å². The van der Waals surface area contributed by atoms with E-state index in [1.54, 1.807) is 7.05 Å². The number of carbonyl (C=O) groups excluding carboxylic acids is 1. The maximum absolute atomic E-state index is 12.8. The summed E-state index contributed by atoms with van der Waals surface area (Å²) in [6.45, 7) is 1.60. The van der Waals surface area contributed by atoms with E-state index in [-0.39, 0.29) is 10.8 Å². The summed E-state index contributed by atoms with van der Waals surface area (Å²) in [5, 5.41) is 2.51. The van der Waals surface area contributed by atoms with E-state index in [1.807, 2.05) is 0 Å². The minimum atomic E-state index is -3.56. The van der Waals surface area contributed by atoms with Crippen molar-refractivity contribution in [3.05, 3.63) is 18.0 Å². The predicted molar refractivity (Wildman–Crippen MR) is 84.0 cm³/mol. The second-order valence-corrected chi connectivity index (χ2v) is 7.64. The van der Waals surface area contributed by atoms with Crippen LogP contribution in [0.1, 0.15) is 29.8 Å². The van der Waals surface area contributed by atoms with Crippen LogP contribution in [-0.4, -0.2) is 49.9 Å². The van der Waals surface area contributed by atoms with Crippen LogP contribution in [0, 0.1) is 5.92 Å². The fraction of sp³-hybridized carbons (Fsp3) is 0.643. The molecule has 8 heteroatoms. The highest BCUT2D eigenvalue weighted by atomic mass is 32.2. The Morgan fingerprint density at radius 3 is 2.86 bits per heavy atom. The maximum Gasteiger partial charge on any atom is 0.267 e. The van der Waals surface area contributed by atoms with Crippen molar-refractivity contribution in [3.63, 3.8) is 0 Å². The zero-order valence-electron chi connectivity index (χ0n) is 13.1. The van der Waals surface area contributed by atoms with Crippen LogP contribution in [0.2, 0.25) is 0 Å². The molecular weight excluding hydrogens is 304 g/mol. The van der Waals surface area contributed by atoms with Gasteiger partial charge in [-0.15, -0.1) is 0 Å². The molecule has 0 radical (unpaired) electrons. The Morgan fingerprint density at radius 1 is 1.50 bits per heavy atom. The summed E-state index contributed by atoms with van der Waals surface area (Å²) >= 11 is 0. The van der Waals surface area contributed by atoms with Gasteiger partial charge in [-0.3, -0.25) is 4.79 Å². The summed E-state index contributed by atoms with van der Waals surface area (Å²) in [4.78, 5) is 11.9. The summed E-state index contributed by atoms with van der Waals surface area (Å²) in [6, 6.07) is 1.43. The number of hydrogen-bond acceptors (Lipinski definition) is 4. The monoisotopic (exact) mass is 328 g/mol. The number of nitrogens with zero attached hydrogens (tertiary/aromatic N) is 2. The predicted octanol–water partition coefficient (Wildman–Crippen LogP) is 0.134. The summed E-state index contributed by atoms with van der Waals surface area (Å²) in [6.07, 6.45) is 4.19. The van der Waals surface area contributed by atoms with Gasteiger partial charge in [0.1, 0.15) is 10.6 Å². The molecule has 7 nitrogen and oxygen atoms in total. The Kier molecular flexibility index (Phi) is 5.25. The fourth-order valence-electron chi connectivity index (χ4n) is 2.89. The van der Waals surface area contributed by atoms with Gasteiger partial charge in [-0.1, -0.05) is 0 Å². The number of nitrogens with two attached hydrogens (primary N) is 1. The quantitative estimate of drug-likeness (QED) is 0.803. The molecule has 0 aliphatic carbocycles. The lowest BCUT2D eigenvalue weighted by Gasteiger charge is -2.31. The van der Waals surface area contributed by atoms with Gasteiger partial charge in [0, 0.05) is 33.4 Å². The van der Waals surface area contributed by atoms with E-state index >= 15 is 0 Å². The van der Waals surface area contributed by atoms with Gasteiger partial charge < -0.3 is 15.6 Å². The van der Waals surface area contributed by atoms with Gasteiger partial charge >= 0.3 is 0 Å². The van der Waals surface area contributed by atoms with Crippen molar-refractivity contribution < 1.29 is 13.2 Å². The van der Waals surface area contributed by atoms with Crippen LogP contribution in [0.25, 0.3) is 0 Å². The molecule has 124 valence electrons. The highest BCUT2D eigenvalue weighted by Crippen LogP contribution is 2.26. The third-order valence-corrected chi connectivity index (χ3v) is 5.96. The van der Waals surface area contributed by atoms with E-state index in [1.165, 1.54) is 28.2 Å². The number of rotatable bonds is 5. The average Bonchev–Trinajstić information content (AvgIpc) is 2.90. The van der Waals surface area contributed by atoms with Crippen LogP contribution < -0.4 is 11.1 Å². The first kappa shape index (κ1) is 17.0. The van der Waals surface area contributed by atoms with Gasteiger partial charge in [0.2, 0.25) is 10.0 Å². The van der Waals surface area contributed by atoms with Crippen molar-refractivity contribution >= 4 is 15.9 Å². The fourth-order valence-corrected chi connectivity index (χ4v) is 4.52. The van der Waals surface area contributed by atoms with Crippen molar-refractivity contribution in [1.29, 1.82) is 0 Å². The Balaban J connectivity index is 2.25. The molecule has 0 saturated carbocycles. The van der Waals surface area contributed by atoms with Crippen LogP contribution in [0.5, 0.6) is 0 Å². The Hall–Kier alpha value is -1.38. The minimum absolute atomic E-state index is 0.169. The lowest BCUT2D eigenvalue weighted by atomic mass is 9.96. The first-order chi connectivity index (χ1) is 10.4.